The minimum absolute atomic E-state index is 0.0249. The molecule has 0 unspecified atom stereocenters. The molecule has 1 fully saturated rings. The first-order valence-electron chi connectivity index (χ1n) is 14.7. The standard InChI is InChI=1S/C27H48N3O9P/c1-2-3-4-5-6-7-8-9-10-11-12-13-14-15-16-17-23(32)28-22-18-19-30(27(34)29-22)26-25(39-40(35,36)37)24(33)21(20-31)38-26/h18-19,21,24-26,31,33H,2-17,20H2,1H3,(H2,35,36,37)(H,28,29,32,34)/t21-,24-,25-,26-/m1/s1. The Morgan fingerprint density at radius 3 is 2.00 bits per heavy atom. The average Bonchev–Trinajstić information content (AvgIpc) is 3.19. The van der Waals surface area contributed by atoms with E-state index in [2.05, 4.69) is 21.7 Å². The van der Waals surface area contributed by atoms with Crippen LogP contribution in [0.4, 0.5) is 5.82 Å². The lowest BCUT2D eigenvalue weighted by molar-refractivity contribution is -0.116. The topological polar surface area (TPSA) is 180 Å². The van der Waals surface area contributed by atoms with Gasteiger partial charge in [-0.15, -0.1) is 0 Å². The van der Waals surface area contributed by atoms with Gasteiger partial charge < -0.3 is 30.1 Å². The third kappa shape index (κ3) is 12.9. The van der Waals surface area contributed by atoms with Crippen LogP contribution in [0.15, 0.2) is 17.1 Å². The van der Waals surface area contributed by atoms with Gasteiger partial charge in [0, 0.05) is 12.6 Å². The number of phosphoric ester groups is 1. The predicted octanol–water partition coefficient (Wildman–Crippen LogP) is 4.17. The molecule has 230 valence electrons. The third-order valence-corrected chi connectivity index (χ3v) is 7.65. The van der Waals surface area contributed by atoms with Gasteiger partial charge in [0.25, 0.3) is 0 Å². The summed E-state index contributed by atoms with van der Waals surface area (Å²) in [5, 5.41) is 22.1. The second kappa shape index (κ2) is 18.7. The van der Waals surface area contributed by atoms with Crippen LogP contribution in [0.1, 0.15) is 116 Å². The van der Waals surface area contributed by atoms with Gasteiger partial charge in [-0.2, -0.15) is 4.98 Å². The van der Waals surface area contributed by atoms with Crippen molar-refractivity contribution >= 4 is 19.5 Å². The van der Waals surface area contributed by atoms with E-state index in [-0.39, 0.29) is 11.7 Å². The highest BCUT2D eigenvalue weighted by Crippen LogP contribution is 2.44. The van der Waals surface area contributed by atoms with Gasteiger partial charge >= 0.3 is 13.5 Å². The summed E-state index contributed by atoms with van der Waals surface area (Å²) in [6.07, 6.45) is 14.2. The van der Waals surface area contributed by atoms with Crippen LogP contribution in [0.5, 0.6) is 0 Å². The average molecular weight is 590 g/mol. The number of unbranched alkanes of at least 4 members (excludes halogenated alkanes) is 14. The molecular formula is C27H48N3O9P. The van der Waals surface area contributed by atoms with Crippen LogP contribution in [-0.2, 0) is 18.6 Å². The number of aliphatic hydroxyl groups is 2. The first-order valence-corrected chi connectivity index (χ1v) is 16.3. The summed E-state index contributed by atoms with van der Waals surface area (Å²) in [5.41, 5.74) is -0.889. The van der Waals surface area contributed by atoms with Crippen molar-refractivity contribution in [1.82, 2.24) is 9.55 Å². The number of rotatable bonds is 21. The lowest BCUT2D eigenvalue weighted by Crippen LogP contribution is -2.37. The maximum absolute atomic E-state index is 12.6. The van der Waals surface area contributed by atoms with Gasteiger partial charge in [-0.1, -0.05) is 96.8 Å². The number of nitrogens with one attached hydrogen (secondary N) is 1. The van der Waals surface area contributed by atoms with Crippen molar-refractivity contribution in [2.45, 2.75) is 134 Å². The molecule has 2 heterocycles. The molecule has 1 aromatic rings. The molecule has 5 N–H and O–H groups in total. The number of aliphatic hydroxyl groups excluding tert-OH is 2. The minimum atomic E-state index is -5.04. The summed E-state index contributed by atoms with van der Waals surface area (Å²) in [6.45, 7) is 1.59. The van der Waals surface area contributed by atoms with Gasteiger partial charge in [0.05, 0.1) is 6.61 Å². The summed E-state index contributed by atoms with van der Waals surface area (Å²) < 4.78 is 22.2. The Kier molecular flexibility index (Phi) is 16.2. The van der Waals surface area contributed by atoms with Crippen LogP contribution < -0.4 is 11.0 Å². The Balaban J connectivity index is 1.64. The van der Waals surface area contributed by atoms with E-state index in [9.17, 15) is 24.4 Å². The van der Waals surface area contributed by atoms with E-state index in [0.29, 0.717) is 6.42 Å². The molecule has 0 aromatic carbocycles. The SMILES string of the molecule is CCCCCCCCCCCCCCCCCC(=O)Nc1ccn([C@@H]2O[C@H](CO)[C@@H](O)[C@H]2OP(=O)(O)O)c(=O)n1. The Bertz CT molecular complexity index is 971. The number of ether oxygens (including phenoxy) is 1. The number of anilines is 1. The summed E-state index contributed by atoms with van der Waals surface area (Å²) in [5.74, 6) is -0.244. The maximum atomic E-state index is 12.6. The predicted molar refractivity (Wildman–Crippen MR) is 151 cm³/mol. The number of carbonyl (C=O) groups is 1. The van der Waals surface area contributed by atoms with E-state index in [1.54, 1.807) is 0 Å². The smallest absolute Gasteiger partial charge is 0.394 e. The Morgan fingerprint density at radius 1 is 1.00 bits per heavy atom. The first kappa shape index (κ1) is 34.5. The van der Waals surface area contributed by atoms with Gasteiger partial charge in [-0.05, 0) is 12.5 Å². The van der Waals surface area contributed by atoms with Crippen molar-refractivity contribution in [2.24, 2.45) is 0 Å². The molecule has 0 aliphatic carbocycles. The fourth-order valence-electron chi connectivity index (χ4n) is 4.90. The maximum Gasteiger partial charge on any atom is 0.470 e. The molecule has 0 saturated carbocycles. The van der Waals surface area contributed by atoms with Crippen LogP contribution in [0, 0.1) is 0 Å². The van der Waals surface area contributed by atoms with Gasteiger partial charge in [0.2, 0.25) is 5.91 Å². The molecule has 1 aromatic heterocycles. The molecule has 0 bridgehead atoms. The van der Waals surface area contributed by atoms with Crippen LogP contribution >= 0.6 is 7.82 Å². The lowest BCUT2D eigenvalue weighted by atomic mass is 10.0. The van der Waals surface area contributed by atoms with Gasteiger partial charge in [0.15, 0.2) is 6.23 Å². The zero-order valence-electron chi connectivity index (χ0n) is 23.7. The fourth-order valence-corrected chi connectivity index (χ4v) is 5.45. The second-order valence-corrected chi connectivity index (χ2v) is 11.7. The number of amides is 1. The van der Waals surface area contributed by atoms with Crippen LogP contribution in [-0.4, -0.2) is 60.4 Å². The monoisotopic (exact) mass is 589 g/mol. The Hall–Kier alpha value is -1.66. The highest BCUT2D eigenvalue weighted by Gasteiger charge is 2.48. The molecule has 1 saturated heterocycles. The molecule has 0 spiro atoms. The van der Waals surface area contributed by atoms with Crippen molar-refractivity contribution in [3.63, 3.8) is 0 Å². The third-order valence-electron chi connectivity index (χ3n) is 7.13. The minimum Gasteiger partial charge on any atom is -0.394 e. The van der Waals surface area contributed by atoms with E-state index < -0.39 is 44.7 Å². The molecule has 1 aliphatic rings. The summed E-state index contributed by atoms with van der Waals surface area (Å²) >= 11 is 0. The molecule has 2 rings (SSSR count). The van der Waals surface area contributed by atoms with Crippen molar-refractivity contribution < 1.29 is 38.6 Å². The van der Waals surface area contributed by atoms with E-state index in [1.165, 1.54) is 89.3 Å². The number of aromatic nitrogens is 2. The van der Waals surface area contributed by atoms with Crippen molar-refractivity contribution in [2.75, 3.05) is 11.9 Å². The highest BCUT2D eigenvalue weighted by atomic mass is 31.2. The molecule has 40 heavy (non-hydrogen) atoms. The number of nitrogens with zero attached hydrogens (tertiary/aromatic N) is 2. The first-order chi connectivity index (χ1) is 19.2. The van der Waals surface area contributed by atoms with Crippen LogP contribution in [0.3, 0.4) is 0 Å². The zero-order chi connectivity index (χ0) is 29.4. The molecule has 1 aliphatic heterocycles. The Morgan fingerprint density at radius 2 is 1.52 bits per heavy atom. The molecule has 12 nitrogen and oxygen atoms in total. The van der Waals surface area contributed by atoms with E-state index in [4.69, 9.17) is 14.5 Å². The quantitative estimate of drug-likeness (QED) is 0.103. The number of hydrogen-bond acceptors (Lipinski definition) is 8. The lowest BCUT2D eigenvalue weighted by Gasteiger charge is -2.22. The second-order valence-electron chi connectivity index (χ2n) is 10.5. The molecule has 0 radical (unpaired) electrons. The van der Waals surface area contributed by atoms with E-state index >= 15 is 0 Å². The van der Waals surface area contributed by atoms with Crippen molar-refractivity contribution in [3.8, 4) is 0 Å². The Labute approximate surface area is 236 Å². The van der Waals surface area contributed by atoms with Crippen molar-refractivity contribution in [1.29, 1.82) is 0 Å². The van der Waals surface area contributed by atoms with Gasteiger partial charge in [0.1, 0.15) is 24.1 Å². The summed E-state index contributed by atoms with van der Waals surface area (Å²) in [7, 11) is -5.04. The van der Waals surface area contributed by atoms with Crippen molar-refractivity contribution in [3.05, 3.63) is 22.7 Å². The summed E-state index contributed by atoms with van der Waals surface area (Å²) in [6, 6.07) is 1.34. The molecule has 13 heteroatoms. The molecule has 4 atom stereocenters. The number of carbonyl (C=O) groups excluding carboxylic acids is 1. The van der Waals surface area contributed by atoms with E-state index in [0.717, 1.165) is 23.8 Å². The zero-order valence-corrected chi connectivity index (χ0v) is 24.6. The largest absolute Gasteiger partial charge is 0.470 e. The van der Waals surface area contributed by atoms with Crippen LogP contribution in [0.2, 0.25) is 0 Å². The normalized spacial score (nSPS) is 21.1. The van der Waals surface area contributed by atoms with Gasteiger partial charge in [-0.25, -0.2) is 9.36 Å². The summed E-state index contributed by atoms with van der Waals surface area (Å²) in [4.78, 5) is 46.9. The number of phosphoric acid groups is 1. The number of hydrogen-bond donors (Lipinski definition) is 5. The highest BCUT2D eigenvalue weighted by molar-refractivity contribution is 7.46. The molecular weight excluding hydrogens is 541 g/mol. The van der Waals surface area contributed by atoms with Crippen LogP contribution in [0.25, 0.3) is 0 Å². The molecule has 1 amide bonds. The van der Waals surface area contributed by atoms with E-state index in [1.807, 2.05) is 0 Å². The van der Waals surface area contributed by atoms with Gasteiger partial charge in [-0.3, -0.25) is 13.9 Å². The fraction of sp³-hybridized carbons (Fsp3) is 0.815.